The lowest BCUT2D eigenvalue weighted by atomic mass is 10.1. The molecule has 0 atom stereocenters. The molecule has 2 aliphatic rings. The molecule has 1 aromatic carbocycles. The first-order valence-electron chi connectivity index (χ1n) is 7.55. The van der Waals surface area contributed by atoms with Gasteiger partial charge in [0.05, 0.1) is 5.69 Å². The highest BCUT2D eigenvalue weighted by atomic mass is 16.5. The highest BCUT2D eigenvalue weighted by Gasteiger charge is 2.26. The average Bonchev–Trinajstić information content (AvgIpc) is 2.57. The Labute approximate surface area is 134 Å². The zero-order valence-corrected chi connectivity index (χ0v) is 13.2. The van der Waals surface area contributed by atoms with Crippen LogP contribution in [0, 0.1) is 0 Å². The predicted octanol–water partition coefficient (Wildman–Crippen LogP) is 0.346. The number of rotatable bonds is 1. The third kappa shape index (κ3) is 2.86. The van der Waals surface area contributed by atoms with Crippen LogP contribution in [0.1, 0.15) is 17.3 Å². The Balaban J connectivity index is 1.76. The van der Waals surface area contributed by atoms with Crippen molar-refractivity contribution in [1.29, 1.82) is 0 Å². The quantitative estimate of drug-likeness (QED) is 0.749. The van der Waals surface area contributed by atoms with Crippen molar-refractivity contribution in [3.63, 3.8) is 0 Å². The van der Waals surface area contributed by atoms with Gasteiger partial charge in [0, 0.05) is 45.7 Å². The van der Waals surface area contributed by atoms with E-state index < -0.39 is 0 Å². The van der Waals surface area contributed by atoms with Crippen molar-refractivity contribution in [2.75, 3.05) is 44.7 Å². The molecule has 7 heteroatoms. The fourth-order valence-electron chi connectivity index (χ4n) is 2.81. The second kappa shape index (κ2) is 5.91. The van der Waals surface area contributed by atoms with Gasteiger partial charge in [-0.2, -0.15) is 0 Å². The Morgan fingerprint density at radius 3 is 2.39 bits per heavy atom. The number of likely N-dealkylation sites (N-methyl/N-ethyl adjacent to an activating group) is 1. The van der Waals surface area contributed by atoms with Crippen LogP contribution < -0.4 is 9.64 Å². The lowest BCUT2D eigenvalue weighted by Gasteiger charge is -2.34. The molecule has 0 spiro atoms. The van der Waals surface area contributed by atoms with Crippen LogP contribution in [0.3, 0.4) is 0 Å². The van der Waals surface area contributed by atoms with E-state index >= 15 is 0 Å². The number of fused-ring (bicyclic) bond motifs is 1. The summed E-state index contributed by atoms with van der Waals surface area (Å²) in [5, 5.41) is 0. The van der Waals surface area contributed by atoms with Gasteiger partial charge in [0.25, 0.3) is 11.8 Å². The molecular weight excluding hydrogens is 298 g/mol. The summed E-state index contributed by atoms with van der Waals surface area (Å²) in [4.78, 5) is 40.6. The first kappa shape index (κ1) is 15.3. The summed E-state index contributed by atoms with van der Waals surface area (Å²) in [5.41, 5.74) is 1.12. The number of hydrogen-bond donors (Lipinski definition) is 0. The molecule has 0 saturated carbocycles. The van der Waals surface area contributed by atoms with Crippen LogP contribution in [0.25, 0.3) is 0 Å². The topological polar surface area (TPSA) is 70.2 Å². The molecule has 0 bridgehead atoms. The first-order valence-corrected chi connectivity index (χ1v) is 7.55. The van der Waals surface area contributed by atoms with E-state index in [0.717, 1.165) is 0 Å². The summed E-state index contributed by atoms with van der Waals surface area (Å²) in [6.07, 6.45) is 0. The molecule has 3 amide bonds. The van der Waals surface area contributed by atoms with Crippen molar-refractivity contribution in [3.8, 4) is 5.75 Å². The van der Waals surface area contributed by atoms with Gasteiger partial charge in [0.1, 0.15) is 5.75 Å². The fourth-order valence-corrected chi connectivity index (χ4v) is 2.81. The molecule has 3 rings (SSSR count). The summed E-state index contributed by atoms with van der Waals surface area (Å²) in [6.45, 7) is 3.68. The summed E-state index contributed by atoms with van der Waals surface area (Å²) in [6, 6.07) is 5.12. The monoisotopic (exact) mass is 317 g/mol. The van der Waals surface area contributed by atoms with E-state index in [1.54, 1.807) is 35.0 Å². The van der Waals surface area contributed by atoms with Gasteiger partial charge in [0.15, 0.2) is 6.61 Å². The maximum absolute atomic E-state index is 12.6. The van der Waals surface area contributed by atoms with Crippen LogP contribution in [0.2, 0.25) is 0 Å². The fraction of sp³-hybridized carbons (Fsp3) is 0.438. The SMILES string of the molecule is CC(=O)N1CCN(C(=O)c2ccc3c(c2)N(C)C(=O)CO3)CC1. The normalized spacial score (nSPS) is 17.7. The van der Waals surface area contributed by atoms with Crippen molar-refractivity contribution in [2.45, 2.75) is 6.92 Å². The third-order valence-corrected chi connectivity index (χ3v) is 4.30. The Bertz CT molecular complexity index is 665. The number of carbonyl (C=O) groups excluding carboxylic acids is 3. The molecule has 0 radical (unpaired) electrons. The maximum Gasteiger partial charge on any atom is 0.264 e. The Hall–Kier alpha value is -2.57. The van der Waals surface area contributed by atoms with Gasteiger partial charge in [0.2, 0.25) is 5.91 Å². The van der Waals surface area contributed by atoms with Crippen molar-refractivity contribution < 1.29 is 19.1 Å². The molecular formula is C16H19N3O4. The van der Waals surface area contributed by atoms with Gasteiger partial charge < -0.3 is 19.4 Å². The number of carbonyl (C=O) groups is 3. The summed E-state index contributed by atoms with van der Waals surface area (Å²) in [5.74, 6) is 0.396. The van der Waals surface area contributed by atoms with E-state index in [2.05, 4.69) is 0 Å². The number of amides is 3. The highest BCUT2D eigenvalue weighted by molar-refractivity contribution is 6.01. The Kier molecular flexibility index (Phi) is 3.94. The third-order valence-electron chi connectivity index (χ3n) is 4.30. The van der Waals surface area contributed by atoms with Gasteiger partial charge in [-0.25, -0.2) is 0 Å². The first-order chi connectivity index (χ1) is 11.0. The van der Waals surface area contributed by atoms with E-state index in [4.69, 9.17) is 4.74 Å². The molecule has 2 heterocycles. The van der Waals surface area contributed by atoms with E-state index in [1.165, 1.54) is 11.8 Å². The van der Waals surface area contributed by atoms with Crippen LogP contribution >= 0.6 is 0 Å². The van der Waals surface area contributed by atoms with Gasteiger partial charge in [-0.05, 0) is 18.2 Å². The molecule has 1 aromatic rings. The molecule has 7 nitrogen and oxygen atoms in total. The minimum Gasteiger partial charge on any atom is -0.482 e. The molecule has 1 fully saturated rings. The van der Waals surface area contributed by atoms with Crippen LogP contribution in [0.15, 0.2) is 18.2 Å². The van der Waals surface area contributed by atoms with Gasteiger partial charge in [-0.15, -0.1) is 0 Å². The summed E-state index contributed by atoms with van der Waals surface area (Å²) in [7, 11) is 1.67. The standard InChI is InChI=1S/C16H19N3O4/c1-11(20)18-5-7-19(8-6-18)16(22)12-3-4-14-13(9-12)17(2)15(21)10-23-14/h3-4,9H,5-8,10H2,1-2H3. The second-order valence-electron chi connectivity index (χ2n) is 5.72. The zero-order chi connectivity index (χ0) is 16.6. The summed E-state index contributed by atoms with van der Waals surface area (Å²) >= 11 is 0. The predicted molar refractivity (Wildman–Crippen MR) is 83.5 cm³/mol. The zero-order valence-electron chi connectivity index (χ0n) is 13.2. The van der Waals surface area contributed by atoms with Crippen molar-refractivity contribution in [3.05, 3.63) is 23.8 Å². The molecule has 2 aliphatic heterocycles. The Morgan fingerprint density at radius 1 is 1.09 bits per heavy atom. The molecule has 1 saturated heterocycles. The van der Waals surface area contributed by atoms with E-state index in [-0.39, 0.29) is 24.3 Å². The van der Waals surface area contributed by atoms with Crippen LogP contribution in [0.4, 0.5) is 5.69 Å². The average molecular weight is 317 g/mol. The highest BCUT2D eigenvalue weighted by Crippen LogP contribution is 2.32. The molecule has 0 unspecified atom stereocenters. The maximum atomic E-state index is 12.6. The number of ether oxygens (including phenoxy) is 1. The van der Waals surface area contributed by atoms with E-state index in [9.17, 15) is 14.4 Å². The van der Waals surface area contributed by atoms with Gasteiger partial charge >= 0.3 is 0 Å². The number of hydrogen-bond acceptors (Lipinski definition) is 4. The van der Waals surface area contributed by atoms with Crippen LogP contribution in [-0.2, 0) is 9.59 Å². The van der Waals surface area contributed by atoms with E-state index in [1.807, 2.05) is 0 Å². The lowest BCUT2D eigenvalue weighted by molar-refractivity contribution is -0.130. The molecule has 23 heavy (non-hydrogen) atoms. The lowest BCUT2D eigenvalue weighted by Crippen LogP contribution is -2.50. The number of nitrogens with zero attached hydrogens (tertiary/aromatic N) is 3. The number of benzene rings is 1. The Morgan fingerprint density at radius 2 is 1.74 bits per heavy atom. The van der Waals surface area contributed by atoms with E-state index in [0.29, 0.717) is 43.2 Å². The van der Waals surface area contributed by atoms with Crippen molar-refractivity contribution in [1.82, 2.24) is 9.80 Å². The second-order valence-corrected chi connectivity index (χ2v) is 5.72. The molecule has 122 valence electrons. The number of anilines is 1. The minimum atomic E-state index is -0.142. The largest absolute Gasteiger partial charge is 0.482 e. The van der Waals surface area contributed by atoms with Crippen molar-refractivity contribution >= 4 is 23.4 Å². The van der Waals surface area contributed by atoms with Gasteiger partial charge in [-0.3, -0.25) is 14.4 Å². The molecule has 0 aliphatic carbocycles. The van der Waals surface area contributed by atoms with Gasteiger partial charge in [-0.1, -0.05) is 0 Å². The number of piperazine rings is 1. The van der Waals surface area contributed by atoms with Crippen molar-refractivity contribution in [2.24, 2.45) is 0 Å². The minimum absolute atomic E-state index is 0.0177. The molecule has 0 aromatic heterocycles. The summed E-state index contributed by atoms with van der Waals surface area (Å²) < 4.78 is 5.37. The molecule has 0 N–H and O–H groups in total. The van der Waals surface area contributed by atoms with Crippen LogP contribution in [0.5, 0.6) is 5.75 Å². The smallest absolute Gasteiger partial charge is 0.264 e. The van der Waals surface area contributed by atoms with Crippen LogP contribution in [-0.4, -0.2) is 67.4 Å².